The van der Waals surface area contributed by atoms with Crippen LogP contribution in [0.4, 0.5) is 0 Å². The Labute approximate surface area is 113 Å². The van der Waals surface area contributed by atoms with Gasteiger partial charge in [-0.25, -0.2) is 4.98 Å². The maximum Gasteiger partial charge on any atom is 0.221 e. The van der Waals surface area contributed by atoms with E-state index in [0.29, 0.717) is 15.2 Å². The first-order valence-electron chi connectivity index (χ1n) is 4.08. The molecule has 1 aromatic heterocycles. The van der Waals surface area contributed by atoms with Gasteiger partial charge in [0.15, 0.2) is 5.01 Å². The van der Waals surface area contributed by atoms with Crippen LogP contribution in [0.2, 0.25) is 0 Å². The number of nitrogens with zero attached hydrogens (tertiary/aromatic N) is 1. The number of aromatic nitrogens is 1. The Morgan fingerprint density at radius 1 is 1.47 bits per heavy atom. The van der Waals surface area contributed by atoms with Crippen LogP contribution in [0.5, 0.6) is 0 Å². The second-order valence-corrected chi connectivity index (χ2v) is 5.73. The molecule has 5 heteroatoms. The van der Waals surface area contributed by atoms with Crippen molar-refractivity contribution in [2.45, 2.75) is 0 Å². The molecule has 0 atom stereocenters. The van der Waals surface area contributed by atoms with Crippen molar-refractivity contribution < 1.29 is 4.79 Å². The number of benzene rings is 1. The molecule has 0 amide bonds. The van der Waals surface area contributed by atoms with Crippen molar-refractivity contribution in [1.29, 1.82) is 0 Å². The molecule has 2 aromatic rings. The summed E-state index contributed by atoms with van der Waals surface area (Å²) in [4.78, 5) is 16.0. The average Bonchev–Trinajstić information content (AvgIpc) is 2.64. The van der Waals surface area contributed by atoms with Crippen molar-refractivity contribution in [3.63, 3.8) is 0 Å². The third-order valence-electron chi connectivity index (χ3n) is 1.76. The van der Waals surface area contributed by atoms with Gasteiger partial charge in [-0.3, -0.25) is 4.79 Å². The first kappa shape index (κ1) is 11.2. The molecule has 2 rings (SSSR count). The molecule has 0 saturated heterocycles. The van der Waals surface area contributed by atoms with Crippen LogP contribution >= 0.6 is 49.9 Å². The van der Waals surface area contributed by atoms with Crippen molar-refractivity contribution in [3.05, 3.63) is 48.4 Å². The molecule has 0 unspecified atom stereocenters. The summed E-state index contributed by atoms with van der Waals surface area (Å²) in [6.45, 7) is 0. The maximum atomic E-state index is 11.9. The van der Waals surface area contributed by atoms with E-state index in [2.05, 4.69) is 43.5 Å². The Balaban J connectivity index is 2.36. The third-order valence-corrected chi connectivity index (χ3v) is 3.98. The molecule has 0 bridgehead atoms. The number of rotatable bonds is 2. The van der Waals surface area contributed by atoms with Gasteiger partial charge < -0.3 is 0 Å². The smallest absolute Gasteiger partial charge is 0.221 e. The fraction of sp³-hybridized carbons (Fsp3) is 0. The lowest BCUT2D eigenvalue weighted by Crippen LogP contribution is -2.00. The van der Waals surface area contributed by atoms with Gasteiger partial charge in [0.2, 0.25) is 5.78 Å². The highest BCUT2D eigenvalue weighted by molar-refractivity contribution is 14.1. The Morgan fingerprint density at radius 2 is 2.27 bits per heavy atom. The van der Waals surface area contributed by atoms with Crippen molar-refractivity contribution >= 4 is 55.6 Å². The molecule has 0 radical (unpaired) electrons. The summed E-state index contributed by atoms with van der Waals surface area (Å²) in [5, 5.41) is 2.32. The summed E-state index contributed by atoms with van der Waals surface area (Å²) in [6.07, 6.45) is 0. The van der Waals surface area contributed by atoms with Crippen LogP contribution in [-0.2, 0) is 0 Å². The number of hydrogen-bond donors (Lipinski definition) is 0. The second-order valence-electron chi connectivity index (χ2n) is 2.81. The highest BCUT2D eigenvalue weighted by atomic mass is 127. The van der Waals surface area contributed by atoms with Crippen LogP contribution in [0.25, 0.3) is 0 Å². The average molecular weight is 394 g/mol. The van der Waals surface area contributed by atoms with E-state index in [0.717, 1.165) is 3.57 Å². The lowest BCUT2D eigenvalue weighted by atomic mass is 10.1. The van der Waals surface area contributed by atoms with Gasteiger partial charge in [0.05, 0.1) is 0 Å². The minimum Gasteiger partial charge on any atom is -0.286 e. The zero-order valence-corrected chi connectivity index (χ0v) is 12.0. The number of ketones is 1. The zero-order chi connectivity index (χ0) is 10.8. The molecule has 0 fully saturated rings. The molecule has 0 N–H and O–H groups in total. The summed E-state index contributed by atoms with van der Waals surface area (Å²) in [5.41, 5.74) is 0.684. The van der Waals surface area contributed by atoms with E-state index in [1.54, 1.807) is 11.4 Å². The minimum absolute atomic E-state index is 0.0239. The van der Waals surface area contributed by atoms with E-state index >= 15 is 0 Å². The highest BCUT2D eigenvalue weighted by Crippen LogP contribution is 2.19. The summed E-state index contributed by atoms with van der Waals surface area (Å²) < 4.78 is 1.76. The fourth-order valence-electron chi connectivity index (χ4n) is 1.11. The second kappa shape index (κ2) is 4.71. The quantitative estimate of drug-likeness (QED) is 0.574. The lowest BCUT2D eigenvalue weighted by Gasteiger charge is -1.97. The highest BCUT2D eigenvalue weighted by Gasteiger charge is 2.12. The van der Waals surface area contributed by atoms with Crippen molar-refractivity contribution in [1.82, 2.24) is 4.98 Å². The number of carbonyl (C=O) groups is 1. The molecule has 0 aliphatic heterocycles. The van der Waals surface area contributed by atoms with Crippen molar-refractivity contribution in [2.24, 2.45) is 0 Å². The summed E-state index contributed by atoms with van der Waals surface area (Å²) in [5.74, 6) is -0.0239. The SMILES string of the molecule is O=C(c1cccc(I)c1)c1nc(Br)cs1. The Morgan fingerprint density at radius 3 is 2.87 bits per heavy atom. The van der Waals surface area contributed by atoms with Crippen LogP contribution in [0.1, 0.15) is 15.4 Å². The van der Waals surface area contributed by atoms with Gasteiger partial charge >= 0.3 is 0 Å². The molecule has 0 aliphatic carbocycles. The molecular weight excluding hydrogens is 389 g/mol. The van der Waals surface area contributed by atoms with Crippen molar-refractivity contribution in [3.8, 4) is 0 Å². The largest absolute Gasteiger partial charge is 0.286 e. The lowest BCUT2D eigenvalue weighted by molar-refractivity contribution is 0.103. The molecule has 1 heterocycles. The first-order valence-corrected chi connectivity index (χ1v) is 6.83. The number of carbonyl (C=O) groups excluding carboxylic acids is 1. The zero-order valence-electron chi connectivity index (χ0n) is 7.41. The molecular formula is C10H5BrINOS. The summed E-state index contributed by atoms with van der Waals surface area (Å²) in [6, 6.07) is 7.49. The van der Waals surface area contributed by atoms with E-state index < -0.39 is 0 Å². The van der Waals surface area contributed by atoms with E-state index in [-0.39, 0.29) is 5.78 Å². The molecule has 0 saturated carbocycles. The van der Waals surface area contributed by atoms with Gasteiger partial charge in [0, 0.05) is 14.5 Å². The van der Waals surface area contributed by atoms with Crippen LogP contribution in [0.3, 0.4) is 0 Å². The molecule has 0 spiro atoms. The molecule has 76 valence electrons. The predicted octanol–water partition coefficient (Wildman–Crippen LogP) is 3.74. The van der Waals surface area contributed by atoms with Crippen LogP contribution < -0.4 is 0 Å². The monoisotopic (exact) mass is 393 g/mol. The van der Waals surface area contributed by atoms with E-state index in [1.165, 1.54) is 11.3 Å². The standard InChI is InChI=1S/C10H5BrINOS/c11-8-5-15-10(13-8)9(14)6-2-1-3-7(12)4-6/h1-5H. The third kappa shape index (κ3) is 2.64. The topological polar surface area (TPSA) is 30.0 Å². The van der Waals surface area contributed by atoms with Gasteiger partial charge in [0.1, 0.15) is 4.60 Å². The van der Waals surface area contributed by atoms with Crippen LogP contribution in [0, 0.1) is 3.57 Å². The van der Waals surface area contributed by atoms with Crippen LogP contribution in [-0.4, -0.2) is 10.8 Å². The Kier molecular flexibility index (Phi) is 3.53. The first-order chi connectivity index (χ1) is 7.16. The predicted molar refractivity (Wildman–Crippen MR) is 72.4 cm³/mol. The molecule has 2 nitrogen and oxygen atoms in total. The van der Waals surface area contributed by atoms with Crippen molar-refractivity contribution in [2.75, 3.05) is 0 Å². The Hall–Kier alpha value is -0.270. The molecule has 15 heavy (non-hydrogen) atoms. The van der Waals surface area contributed by atoms with Gasteiger partial charge in [-0.05, 0) is 50.7 Å². The minimum atomic E-state index is -0.0239. The van der Waals surface area contributed by atoms with E-state index in [1.807, 2.05) is 18.2 Å². The maximum absolute atomic E-state index is 11.9. The van der Waals surface area contributed by atoms with Gasteiger partial charge in [-0.1, -0.05) is 12.1 Å². The summed E-state index contributed by atoms with van der Waals surface area (Å²) >= 11 is 6.77. The normalized spacial score (nSPS) is 10.3. The number of thiazole rings is 1. The van der Waals surface area contributed by atoms with E-state index in [9.17, 15) is 4.79 Å². The molecule has 0 aliphatic rings. The number of hydrogen-bond acceptors (Lipinski definition) is 3. The number of halogens is 2. The van der Waals surface area contributed by atoms with E-state index in [4.69, 9.17) is 0 Å². The summed E-state index contributed by atoms with van der Waals surface area (Å²) in [7, 11) is 0. The molecule has 1 aromatic carbocycles. The van der Waals surface area contributed by atoms with Crippen LogP contribution in [0.15, 0.2) is 34.2 Å². The van der Waals surface area contributed by atoms with Gasteiger partial charge in [-0.2, -0.15) is 0 Å². The van der Waals surface area contributed by atoms with Gasteiger partial charge in [0.25, 0.3) is 0 Å². The fourth-order valence-corrected chi connectivity index (χ4v) is 2.87. The Bertz CT molecular complexity index is 512. The van der Waals surface area contributed by atoms with Gasteiger partial charge in [-0.15, -0.1) is 11.3 Å².